The molecule has 1 aromatic carbocycles. The molecule has 0 spiro atoms. The van der Waals surface area contributed by atoms with Crippen molar-refractivity contribution in [1.82, 2.24) is 0 Å². The van der Waals surface area contributed by atoms with Crippen LogP contribution in [0.1, 0.15) is 10.4 Å². The van der Waals surface area contributed by atoms with Gasteiger partial charge in [-0.2, -0.15) is 0 Å². The Labute approximate surface area is 99.8 Å². The van der Waals surface area contributed by atoms with Gasteiger partial charge in [-0.1, -0.05) is 0 Å². The third-order valence-electron chi connectivity index (χ3n) is 2.04. The monoisotopic (exact) mass is 293 g/mol. The van der Waals surface area contributed by atoms with Crippen molar-refractivity contribution in [2.24, 2.45) is 0 Å². The van der Waals surface area contributed by atoms with Crippen LogP contribution in [-0.4, -0.2) is 31.1 Å². The quantitative estimate of drug-likeness (QED) is 0.928. The second-order valence-corrected chi connectivity index (χ2v) is 4.10. The SMILES string of the molecule is CN(CC(F)F)c1ccc(C(=O)O)c(Br)c1. The molecule has 1 aromatic rings. The van der Waals surface area contributed by atoms with E-state index in [0.717, 1.165) is 0 Å². The van der Waals surface area contributed by atoms with E-state index in [9.17, 15) is 13.6 Å². The molecule has 0 atom stereocenters. The van der Waals surface area contributed by atoms with Crippen LogP contribution in [0.3, 0.4) is 0 Å². The summed E-state index contributed by atoms with van der Waals surface area (Å²) in [6, 6.07) is 4.38. The van der Waals surface area contributed by atoms with E-state index in [0.29, 0.717) is 10.2 Å². The summed E-state index contributed by atoms with van der Waals surface area (Å²) < 4.78 is 24.6. The minimum absolute atomic E-state index is 0.106. The number of carboxylic acids is 1. The smallest absolute Gasteiger partial charge is 0.336 e. The Balaban J connectivity index is 2.92. The number of benzene rings is 1. The van der Waals surface area contributed by atoms with Gasteiger partial charge in [-0.05, 0) is 34.1 Å². The van der Waals surface area contributed by atoms with Crippen LogP contribution in [-0.2, 0) is 0 Å². The largest absolute Gasteiger partial charge is 0.478 e. The summed E-state index contributed by atoms with van der Waals surface area (Å²) >= 11 is 3.09. The van der Waals surface area contributed by atoms with Crippen LogP contribution in [0.4, 0.5) is 14.5 Å². The van der Waals surface area contributed by atoms with Crippen LogP contribution >= 0.6 is 15.9 Å². The van der Waals surface area contributed by atoms with Crippen LogP contribution in [0, 0.1) is 0 Å². The van der Waals surface area contributed by atoms with Gasteiger partial charge in [-0.3, -0.25) is 0 Å². The molecule has 0 saturated carbocycles. The zero-order valence-corrected chi connectivity index (χ0v) is 10.0. The van der Waals surface area contributed by atoms with Crippen LogP contribution in [0.2, 0.25) is 0 Å². The number of alkyl halides is 2. The van der Waals surface area contributed by atoms with E-state index < -0.39 is 18.9 Å². The zero-order chi connectivity index (χ0) is 12.3. The molecule has 0 heterocycles. The van der Waals surface area contributed by atoms with Crippen LogP contribution in [0.5, 0.6) is 0 Å². The molecule has 0 aromatic heterocycles. The average molecular weight is 294 g/mol. The van der Waals surface area contributed by atoms with Gasteiger partial charge in [-0.25, -0.2) is 13.6 Å². The molecule has 0 unspecified atom stereocenters. The van der Waals surface area contributed by atoms with E-state index in [1.807, 2.05) is 0 Å². The maximum absolute atomic E-state index is 12.1. The van der Waals surface area contributed by atoms with Gasteiger partial charge in [0.25, 0.3) is 6.43 Å². The van der Waals surface area contributed by atoms with Crippen molar-refractivity contribution in [3.8, 4) is 0 Å². The lowest BCUT2D eigenvalue weighted by Crippen LogP contribution is -2.24. The molecule has 16 heavy (non-hydrogen) atoms. The Morgan fingerprint density at radius 2 is 2.19 bits per heavy atom. The topological polar surface area (TPSA) is 40.5 Å². The molecule has 0 bridgehead atoms. The highest BCUT2D eigenvalue weighted by Gasteiger charge is 2.12. The molecular formula is C10H10BrF2NO2. The molecule has 0 fully saturated rings. The molecule has 1 N–H and O–H groups in total. The van der Waals surface area contributed by atoms with Gasteiger partial charge in [0.1, 0.15) is 0 Å². The zero-order valence-electron chi connectivity index (χ0n) is 8.45. The molecule has 0 saturated heterocycles. The Kier molecular flexibility index (Phi) is 4.23. The highest BCUT2D eigenvalue weighted by Crippen LogP contribution is 2.24. The lowest BCUT2D eigenvalue weighted by molar-refractivity contribution is 0.0696. The highest BCUT2D eigenvalue weighted by atomic mass is 79.9. The summed E-state index contributed by atoms with van der Waals surface area (Å²) in [5.41, 5.74) is 0.645. The normalized spacial score (nSPS) is 10.6. The predicted molar refractivity (Wildman–Crippen MR) is 60.4 cm³/mol. The number of rotatable bonds is 4. The first kappa shape index (κ1) is 12.9. The van der Waals surface area contributed by atoms with E-state index in [4.69, 9.17) is 5.11 Å². The van der Waals surface area contributed by atoms with Crippen molar-refractivity contribution in [3.63, 3.8) is 0 Å². The molecule has 0 aliphatic heterocycles. The number of aromatic carboxylic acids is 1. The fourth-order valence-electron chi connectivity index (χ4n) is 1.23. The van der Waals surface area contributed by atoms with Crippen molar-refractivity contribution >= 4 is 27.6 Å². The van der Waals surface area contributed by atoms with Gasteiger partial charge in [0, 0.05) is 17.2 Å². The molecular weight excluding hydrogens is 284 g/mol. The Hall–Kier alpha value is -1.17. The maximum atomic E-state index is 12.1. The van der Waals surface area contributed by atoms with Gasteiger partial charge in [0.2, 0.25) is 0 Å². The number of carbonyl (C=O) groups is 1. The number of hydrogen-bond donors (Lipinski definition) is 1. The molecule has 0 aliphatic rings. The first-order chi connectivity index (χ1) is 7.41. The van der Waals surface area contributed by atoms with Crippen LogP contribution in [0.25, 0.3) is 0 Å². The van der Waals surface area contributed by atoms with Gasteiger partial charge in [0.15, 0.2) is 0 Å². The van der Waals surface area contributed by atoms with E-state index in [1.165, 1.54) is 30.1 Å². The van der Waals surface area contributed by atoms with E-state index in [-0.39, 0.29) is 5.56 Å². The summed E-state index contributed by atoms with van der Waals surface area (Å²) in [6.07, 6.45) is -2.43. The van der Waals surface area contributed by atoms with Gasteiger partial charge >= 0.3 is 5.97 Å². The third kappa shape index (κ3) is 3.16. The molecule has 0 radical (unpaired) electrons. The second-order valence-electron chi connectivity index (χ2n) is 3.24. The first-order valence-corrected chi connectivity index (χ1v) is 5.23. The molecule has 0 aliphatic carbocycles. The van der Waals surface area contributed by atoms with Gasteiger partial charge < -0.3 is 10.0 Å². The maximum Gasteiger partial charge on any atom is 0.336 e. The summed E-state index contributed by atoms with van der Waals surface area (Å²) in [6.45, 7) is -0.390. The van der Waals surface area contributed by atoms with E-state index >= 15 is 0 Å². The molecule has 0 amide bonds. The van der Waals surface area contributed by atoms with Crippen LogP contribution in [0.15, 0.2) is 22.7 Å². The Morgan fingerprint density at radius 3 is 2.62 bits per heavy atom. The number of anilines is 1. The number of nitrogens with zero attached hydrogens (tertiary/aromatic N) is 1. The van der Waals surface area contributed by atoms with E-state index in [2.05, 4.69) is 15.9 Å². The minimum atomic E-state index is -2.43. The third-order valence-corrected chi connectivity index (χ3v) is 2.69. The highest BCUT2D eigenvalue weighted by molar-refractivity contribution is 9.10. The van der Waals surface area contributed by atoms with Crippen molar-refractivity contribution in [3.05, 3.63) is 28.2 Å². The van der Waals surface area contributed by atoms with Crippen LogP contribution < -0.4 is 4.90 Å². The summed E-state index contributed by atoms with van der Waals surface area (Å²) in [5, 5.41) is 8.78. The van der Waals surface area contributed by atoms with Crippen molar-refractivity contribution in [1.29, 1.82) is 0 Å². The molecule has 1 rings (SSSR count). The summed E-state index contributed by atoms with van der Waals surface area (Å²) in [7, 11) is 1.52. The van der Waals surface area contributed by atoms with E-state index in [1.54, 1.807) is 0 Å². The van der Waals surface area contributed by atoms with Gasteiger partial charge in [-0.15, -0.1) is 0 Å². The van der Waals surface area contributed by atoms with Gasteiger partial charge in [0.05, 0.1) is 12.1 Å². The fraction of sp³-hybridized carbons (Fsp3) is 0.300. The van der Waals surface area contributed by atoms with Crippen molar-refractivity contribution in [2.75, 3.05) is 18.5 Å². The predicted octanol–water partition coefficient (Wildman–Crippen LogP) is 2.85. The second kappa shape index (κ2) is 5.25. The minimum Gasteiger partial charge on any atom is -0.478 e. The summed E-state index contributed by atoms with van der Waals surface area (Å²) in [5.74, 6) is -1.06. The lowest BCUT2D eigenvalue weighted by atomic mass is 10.2. The Bertz CT molecular complexity index is 398. The van der Waals surface area contributed by atoms with Crippen molar-refractivity contribution in [2.45, 2.75) is 6.43 Å². The molecule has 6 heteroatoms. The first-order valence-electron chi connectivity index (χ1n) is 4.44. The standard InChI is InChI=1S/C10H10BrF2NO2/c1-14(5-9(12)13)6-2-3-7(10(15)16)8(11)4-6/h2-4,9H,5H2,1H3,(H,15,16). The molecule has 88 valence electrons. The number of hydrogen-bond acceptors (Lipinski definition) is 2. The molecule has 3 nitrogen and oxygen atoms in total. The Morgan fingerprint density at radius 1 is 1.56 bits per heavy atom. The number of halogens is 3. The summed E-state index contributed by atoms with van der Waals surface area (Å²) in [4.78, 5) is 12.1. The number of carboxylic acid groups (broad SMARTS) is 1. The lowest BCUT2D eigenvalue weighted by Gasteiger charge is -2.19. The average Bonchev–Trinajstić information content (AvgIpc) is 2.15. The van der Waals surface area contributed by atoms with Crippen molar-refractivity contribution < 1.29 is 18.7 Å². The fourth-order valence-corrected chi connectivity index (χ4v) is 1.76.